The third-order valence-corrected chi connectivity index (χ3v) is 4.11. The molecule has 1 aliphatic heterocycles. The molecule has 0 aliphatic carbocycles. The van der Waals surface area contributed by atoms with Crippen LogP contribution in [-0.2, 0) is 10.4 Å². The van der Waals surface area contributed by atoms with E-state index >= 15 is 0 Å². The lowest BCUT2D eigenvalue weighted by molar-refractivity contribution is -0.117. The Bertz CT molecular complexity index is 443. The monoisotopic (exact) mass is 281 g/mol. The zero-order valence-corrected chi connectivity index (χ0v) is 11.8. The summed E-state index contributed by atoms with van der Waals surface area (Å²) in [5.74, 6) is 2.48. The van der Waals surface area contributed by atoms with Crippen molar-refractivity contribution in [3.8, 4) is 0 Å². The van der Waals surface area contributed by atoms with Crippen LogP contribution in [0.5, 0.6) is 0 Å². The predicted octanol–water partition coefficient (Wildman–Crippen LogP) is 2.06. The van der Waals surface area contributed by atoms with Gasteiger partial charge in [-0.1, -0.05) is 5.57 Å². The van der Waals surface area contributed by atoms with Crippen LogP contribution < -0.4 is 5.32 Å². The minimum absolute atomic E-state index is 0.137. The lowest BCUT2D eigenvalue weighted by Gasteiger charge is -2.21. The number of carbonyl (C=O) groups is 1. The van der Waals surface area contributed by atoms with Gasteiger partial charge in [-0.3, -0.25) is 4.79 Å². The molecule has 0 saturated carbocycles. The van der Waals surface area contributed by atoms with Crippen molar-refractivity contribution in [3.63, 3.8) is 0 Å². The zero-order valence-electron chi connectivity index (χ0n) is 11.0. The highest BCUT2D eigenvalue weighted by molar-refractivity contribution is 7.99. The van der Waals surface area contributed by atoms with Gasteiger partial charge in [0.2, 0.25) is 5.91 Å². The zero-order chi connectivity index (χ0) is 13.7. The Morgan fingerprint density at radius 1 is 1.58 bits per heavy atom. The van der Waals surface area contributed by atoms with Crippen LogP contribution in [0.1, 0.15) is 25.5 Å². The molecule has 2 heterocycles. The molecule has 0 spiro atoms. The number of hydrogen-bond donors (Lipinski definition) is 2. The number of rotatable bonds is 4. The Labute approximate surface area is 117 Å². The molecule has 1 aromatic rings. The molecule has 104 valence electrons. The average Bonchev–Trinajstić information content (AvgIpc) is 2.92. The first-order valence-corrected chi connectivity index (χ1v) is 7.55. The van der Waals surface area contributed by atoms with Gasteiger partial charge in [0, 0.05) is 6.08 Å². The predicted molar refractivity (Wildman–Crippen MR) is 75.9 cm³/mol. The fraction of sp³-hybridized carbons (Fsp3) is 0.500. The van der Waals surface area contributed by atoms with Gasteiger partial charge < -0.3 is 14.8 Å². The number of furan rings is 1. The van der Waals surface area contributed by atoms with E-state index < -0.39 is 5.60 Å². The molecule has 2 N–H and O–H groups in total. The van der Waals surface area contributed by atoms with Gasteiger partial charge in [0.15, 0.2) is 0 Å². The van der Waals surface area contributed by atoms with Gasteiger partial charge in [-0.25, -0.2) is 0 Å². The van der Waals surface area contributed by atoms with Gasteiger partial charge >= 0.3 is 0 Å². The van der Waals surface area contributed by atoms with Crippen molar-refractivity contribution in [2.45, 2.75) is 25.4 Å². The van der Waals surface area contributed by atoms with Gasteiger partial charge in [-0.05, 0) is 43.4 Å². The number of amides is 1. The van der Waals surface area contributed by atoms with Crippen molar-refractivity contribution in [1.29, 1.82) is 0 Å². The number of hydrogen-bond acceptors (Lipinski definition) is 4. The molecule has 1 amide bonds. The first kappa shape index (κ1) is 14.2. The fourth-order valence-corrected chi connectivity index (χ4v) is 2.96. The van der Waals surface area contributed by atoms with Crippen LogP contribution in [0.2, 0.25) is 0 Å². The number of carbonyl (C=O) groups excluding carboxylic acids is 1. The van der Waals surface area contributed by atoms with Crippen LogP contribution in [-0.4, -0.2) is 29.1 Å². The summed E-state index contributed by atoms with van der Waals surface area (Å²) >= 11 is 1.92. The Morgan fingerprint density at radius 3 is 2.95 bits per heavy atom. The molecular formula is C14H19NO3S. The van der Waals surface area contributed by atoms with E-state index in [0.717, 1.165) is 24.3 Å². The number of nitrogens with one attached hydrogen (secondary N) is 1. The number of thioether (sulfide) groups is 1. The van der Waals surface area contributed by atoms with Gasteiger partial charge in [-0.2, -0.15) is 11.8 Å². The van der Waals surface area contributed by atoms with Gasteiger partial charge in [0.25, 0.3) is 0 Å². The van der Waals surface area contributed by atoms with Crippen molar-refractivity contribution >= 4 is 17.7 Å². The molecule has 5 heteroatoms. The Hall–Kier alpha value is -1.20. The van der Waals surface area contributed by atoms with Gasteiger partial charge in [0.1, 0.15) is 11.4 Å². The highest BCUT2D eigenvalue weighted by atomic mass is 32.2. The molecule has 19 heavy (non-hydrogen) atoms. The molecular weight excluding hydrogens is 262 g/mol. The lowest BCUT2D eigenvalue weighted by Crippen LogP contribution is -2.37. The van der Waals surface area contributed by atoms with Crippen molar-refractivity contribution < 1.29 is 14.3 Å². The second-order valence-corrected chi connectivity index (χ2v) is 6.11. The summed E-state index contributed by atoms with van der Waals surface area (Å²) < 4.78 is 5.16. The maximum absolute atomic E-state index is 11.8. The van der Waals surface area contributed by atoms with Crippen LogP contribution in [0, 0.1) is 0 Å². The van der Waals surface area contributed by atoms with E-state index in [1.165, 1.54) is 11.8 Å². The molecule has 1 fully saturated rings. The number of allylic oxidation sites excluding steroid dienone is 1. The molecule has 1 aliphatic rings. The summed E-state index contributed by atoms with van der Waals surface area (Å²) in [6, 6.07) is 3.41. The summed E-state index contributed by atoms with van der Waals surface area (Å²) in [6.07, 6.45) is 5.13. The van der Waals surface area contributed by atoms with E-state index in [-0.39, 0.29) is 12.5 Å². The SMILES string of the molecule is CC(O)(CNC(=O)C=C1CCSCC1)c1ccco1. The van der Waals surface area contributed by atoms with E-state index in [1.807, 2.05) is 11.8 Å². The largest absolute Gasteiger partial charge is 0.466 e. The molecule has 1 atom stereocenters. The smallest absolute Gasteiger partial charge is 0.244 e. The molecule has 0 radical (unpaired) electrons. The highest BCUT2D eigenvalue weighted by Crippen LogP contribution is 2.22. The molecule has 0 aromatic carbocycles. The van der Waals surface area contributed by atoms with Crippen LogP contribution >= 0.6 is 11.8 Å². The molecule has 1 aromatic heterocycles. The molecule has 0 bridgehead atoms. The summed E-state index contributed by atoms with van der Waals surface area (Å²) in [5, 5.41) is 12.9. The van der Waals surface area contributed by atoms with Gasteiger partial charge in [0.05, 0.1) is 12.8 Å². The Morgan fingerprint density at radius 2 is 2.32 bits per heavy atom. The fourth-order valence-electron chi connectivity index (χ4n) is 1.95. The molecule has 1 saturated heterocycles. The maximum Gasteiger partial charge on any atom is 0.244 e. The third kappa shape index (κ3) is 4.14. The minimum atomic E-state index is -1.18. The highest BCUT2D eigenvalue weighted by Gasteiger charge is 2.26. The molecule has 2 rings (SSSR count). The van der Waals surface area contributed by atoms with Crippen molar-refractivity contribution in [1.82, 2.24) is 5.32 Å². The standard InChI is InChI=1S/C14H19NO3S/c1-14(17,12-3-2-6-18-12)10-15-13(16)9-11-4-7-19-8-5-11/h2-3,6,9,17H,4-5,7-8,10H2,1H3,(H,15,16). The van der Waals surface area contributed by atoms with Crippen LogP contribution in [0.3, 0.4) is 0 Å². The Balaban J connectivity index is 1.86. The normalized spacial score (nSPS) is 18.7. The van der Waals surface area contributed by atoms with Crippen LogP contribution in [0.25, 0.3) is 0 Å². The summed E-state index contributed by atoms with van der Waals surface area (Å²) in [6.45, 7) is 1.76. The van der Waals surface area contributed by atoms with E-state index in [9.17, 15) is 9.90 Å². The topological polar surface area (TPSA) is 62.5 Å². The van der Waals surface area contributed by atoms with Crippen LogP contribution in [0.15, 0.2) is 34.5 Å². The van der Waals surface area contributed by atoms with E-state index in [1.54, 1.807) is 25.1 Å². The van der Waals surface area contributed by atoms with Gasteiger partial charge in [-0.15, -0.1) is 0 Å². The summed E-state index contributed by atoms with van der Waals surface area (Å²) in [5.41, 5.74) is 0.00832. The minimum Gasteiger partial charge on any atom is -0.466 e. The molecule has 4 nitrogen and oxygen atoms in total. The van der Waals surface area contributed by atoms with Crippen molar-refractivity contribution in [2.24, 2.45) is 0 Å². The summed E-state index contributed by atoms with van der Waals surface area (Å²) in [7, 11) is 0. The van der Waals surface area contributed by atoms with E-state index in [0.29, 0.717) is 5.76 Å². The Kier molecular flexibility index (Phi) is 4.71. The second kappa shape index (κ2) is 6.30. The van der Waals surface area contributed by atoms with Crippen molar-refractivity contribution in [2.75, 3.05) is 18.1 Å². The molecule has 1 unspecified atom stereocenters. The second-order valence-electron chi connectivity index (χ2n) is 4.88. The van der Waals surface area contributed by atoms with E-state index in [4.69, 9.17) is 4.42 Å². The van der Waals surface area contributed by atoms with Crippen LogP contribution in [0.4, 0.5) is 0 Å². The quantitative estimate of drug-likeness (QED) is 0.829. The van der Waals surface area contributed by atoms with Crippen molar-refractivity contribution in [3.05, 3.63) is 35.8 Å². The third-order valence-electron chi connectivity index (χ3n) is 3.13. The first-order chi connectivity index (χ1) is 9.08. The lowest BCUT2D eigenvalue weighted by atomic mass is 10.0. The first-order valence-electron chi connectivity index (χ1n) is 6.39. The number of aliphatic hydroxyl groups is 1. The summed E-state index contributed by atoms with van der Waals surface area (Å²) in [4.78, 5) is 11.8. The van der Waals surface area contributed by atoms with E-state index in [2.05, 4.69) is 5.32 Å². The maximum atomic E-state index is 11.8. The average molecular weight is 281 g/mol.